The highest BCUT2D eigenvalue weighted by molar-refractivity contribution is 7.89. The van der Waals surface area contributed by atoms with E-state index in [0.717, 1.165) is 0 Å². The van der Waals surface area contributed by atoms with Gasteiger partial charge in [-0.25, -0.2) is 17.9 Å². The largest absolute Gasteiger partial charge is 0.465 e. The maximum Gasteiger partial charge on any atom is 0.407 e. The Morgan fingerprint density at radius 3 is 2.20 bits per heavy atom. The van der Waals surface area contributed by atoms with E-state index in [9.17, 15) is 18.0 Å². The van der Waals surface area contributed by atoms with Crippen LogP contribution in [0.15, 0.2) is 29.2 Å². The summed E-state index contributed by atoms with van der Waals surface area (Å²) in [6, 6.07) is 5.18. The van der Waals surface area contributed by atoms with Crippen LogP contribution < -0.4 is 15.8 Å². The van der Waals surface area contributed by atoms with Gasteiger partial charge in [0.1, 0.15) is 0 Å². The van der Waals surface area contributed by atoms with E-state index < -0.39 is 27.7 Å². The van der Waals surface area contributed by atoms with Crippen LogP contribution in [0.4, 0.5) is 10.5 Å². The lowest BCUT2D eigenvalue weighted by Gasteiger charge is -2.31. The second kappa shape index (κ2) is 10.4. The maximum atomic E-state index is 12.4. The zero-order valence-corrected chi connectivity index (χ0v) is 19.1. The number of nitrogens with zero attached hydrogens (tertiary/aromatic N) is 1. The van der Waals surface area contributed by atoms with Gasteiger partial charge in [0, 0.05) is 24.3 Å². The highest BCUT2D eigenvalue weighted by Crippen LogP contribution is 2.22. The molecule has 0 aromatic heterocycles. The predicted octanol–water partition coefficient (Wildman–Crippen LogP) is 2.23. The van der Waals surface area contributed by atoms with Crippen LogP contribution in [0.5, 0.6) is 0 Å². The predicted molar refractivity (Wildman–Crippen MR) is 117 cm³/mol. The van der Waals surface area contributed by atoms with Crippen LogP contribution in [0.1, 0.15) is 40.0 Å². The molecule has 1 aliphatic rings. The summed E-state index contributed by atoms with van der Waals surface area (Å²) in [5.74, 6) is -0.156. The van der Waals surface area contributed by atoms with Gasteiger partial charge in [0.15, 0.2) is 0 Å². The fourth-order valence-corrected chi connectivity index (χ4v) is 4.66. The number of rotatable bonds is 6. The van der Waals surface area contributed by atoms with Gasteiger partial charge in [0.25, 0.3) is 0 Å². The van der Waals surface area contributed by atoms with Gasteiger partial charge in [-0.05, 0) is 70.2 Å². The summed E-state index contributed by atoms with van der Waals surface area (Å²) in [5.41, 5.74) is 5.87. The Bertz CT molecular complexity index is 831. The zero-order valence-electron chi connectivity index (χ0n) is 17.4. The number of likely N-dealkylation sites (tertiary alicyclic amines) is 1. The van der Waals surface area contributed by atoms with E-state index in [1.165, 1.54) is 29.2 Å². The van der Waals surface area contributed by atoms with E-state index in [1.807, 2.05) is 0 Å². The minimum absolute atomic E-state index is 0. The molecule has 0 saturated carbocycles. The second-order valence-electron chi connectivity index (χ2n) is 8.42. The summed E-state index contributed by atoms with van der Waals surface area (Å²) < 4.78 is 27.2. The molecule has 11 heteroatoms. The molecule has 0 bridgehead atoms. The number of benzene rings is 1. The SMILES string of the molecule is CC(C)(C)NS(=O)(=O)c1ccc(NC(=O)C(N)CC2CCN(C(=O)O)CC2)cc1.Cl. The van der Waals surface area contributed by atoms with Gasteiger partial charge in [0.05, 0.1) is 10.9 Å². The second-order valence-corrected chi connectivity index (χ2v) is 10.1. The number of carboxylic acid groups (broad SMARTS) is 1. The lowest BCUT2D eigenvalue weighted by atomic mass is 9.90. The van der Waals surface area contributed by atoms with E-state index in [0.29, 0.717) is 38.0 Å². The van der Waals surface area contributed by atoms with Crippen LogP contribution in [0.3, 0.4) is 0 Å². The number of sulfonamides is 1. The molecule has 1 atom stereocenters. The molecule has 170 valence electrons. The standard InChI is InChI=1S/C19H30N4O5S.ClH/c1-19(2,3)22-29(27,28)15-6-4-14(5-7-15)21-17(24)16(20)12-13-8-10-23(11-9-13)18(25)26;/h4-7,13,16,22H,8-12,20H2,1-3H3,(H,21,24)(H,25,26);1H. The van der Waals surface area contributed by atoms with Crippen molar-refractivity contribution in [1.29, 1.82) is 0 Å². The number of nitrogens with one attached hydrogen (secondary N) is 2. The molecule has 0 aliphatic carbocycles. The quantitative estimate of drug-likeness (QED) is 0.510. The molecule has 1 aromatic rings. The summed E-state index contributed by atoms with van der Waals surface area (Å²) in [4.78, 5) is 24.8. The number of amides is 2. The first-order chi connectivity index (χ1) is 13.4. The van der Waals surface area contributed by atoms with E-state index >= 15 is 0 Å². The Morgan fingerprint density at radius 1 is 1.20 bits per heavy atom. The molecular formula is C19H31ClN4O5S. The first-order valence-electron chi connectivity index (χ1n) is 9.56. The Kier molecular flexibility index (Phi) is 9.09. The number of piperidine rings is 1. The van der Waals surface area contributed by atoms with Crippen molar-refractivity contribution in [1.82, 2.24) is 9.62 Å². The zero-order chi connectivity index (χ0) is 21.8. The number of hydrogen-bond acceptors (Lipinski definition) is 5. The van der Waals surface area contributed by atoms with E-state index in [2.05, 4.69) is 10.0 Å². The number of hydrogen-bond donors (Lipinski definition) is 4. The van der Waals surface area contributed by atoms with Crippen molar-refractivity contribution in [3.8, 4) is 0 Å². The van der Waals surface area contributed by atoms with Gasteiger partial charge >= 0.3 is 6.09 Å². The van der Waals surface area contributed by atoms with Crippen LogP contribution in [-0.4, -0.2) is 55.1 Å². The first-order valence-corrected chi connectivity index (χ1v) is 11.0. The smallest absolute Gasteiger partial charge is 0.407 e. The fourth-order valence-electron chi connectivity index (χ4n) is 3.24. The van der Waals surface area contributed by atoms with Gasteiger partial charge in [-0.1, -0.05) is 0 Å². The first kappa shape index (κ1) is 26.2. The molecule has 2 amide bonds. The van der Waals surface area contributed by atoms with E-state index in [4.69, 9.17) is 10.8 Å². The van der Waals surface area contributed by atoms with Gasteiger partial charge in [-0.2, -0.15) is 0 Å². The Hall–Kier alpha value is -1.88. The minimum Gasteiger partial charge on any atom is -0.465 e. The molecular weight excluding hydrogens is 432 g/mol. The van der Waals surface area contributed by atoms with Gasteiger partial charge in [-0.3, -0.25) is 4.79 Å². The highest BCUT2D eigenvalue weighted by Gasteiger charge is 2.26. The Balaban J connectivity index is 0.00000450. The van der Waals surface area contributed by atoms with Crippen molar-refractivity contribution in [2.45, 2.75) is 56.5 Å². The molecule has 1 heterocycles. The number of anilines is 1. The molecule has 5 N–H and O–H groups in total. The highest BCUT2D eigenvalue weighted by atomic mass is 35.5. The summed E-state index contributed by atoms with van der Waals surface area (Å²) >= 11 is 0. The number of nitrogens with two attached hydrogens (primary N) is 1. The topological polar surface area (TPSA) is 142 Å². The number of carbonyl (C=O) groups excluding carboxylic acids is 1. The third-order valence-electron chi connectivity index (χ3n) is 4.68. The number of halogens is 1. The molecule has 0 radical (unpaired) electrons. The molecule has 0 spiro atoms. The Morgan fingerprint density at radius 2 is 1.73 bits per heavy atom. The fraction of sp³-hybridized carbons (Fsp3) is 0.579. The number of carbonyl (C=O) groups is 2. The average molecular weight is 463 g/mol. The van der Waals surface area contributed by atoms with Crippen molar-refractivity contribution in [3.63, 3.8) is 0 Å². The molecule has 2 rings (SSSR count). The summed E-state index contributed by atoms with van der Waals surface area (Å²) in [6.45, 7) is 6.17. The van der Waals surface area contributed by atoms with Crippen LogP contribution >= 0.6 is 12.4 Å². The van der Waals surface area contributed by atoms with Gasteiger partial charge < -0.3 is 21.1 Å². The van der Waals surface area contributed by atoms with Gasteiger partial charge in [-0.15, -0.1) is 12.4 Å². The van der Waals surface area contributed by atoms with Crippen molar-refractivity contribution in [3.05, 3.63) is 24.3 Å². The molecule has 1 fully saturated rings. The molecule has 1 unspecified atom stereocenters. The van der Waals surface area contributed by atoms with Crippen molar-refractivity contribution < 1.29 is 23.1 Å². The molecule has 30 heavy (non-hydrogen) atoms. The van der Waals surface area contributed by atoms with Crippen LogP contribution in [0.2, 0.25) is 0 Å². The third kappa shape index (κ3) is 7.75. The monoisotopic (exact) mass is 462 g/mol. The normalized spacial score (nSPS) is 16.5. The van der Waals surface area contributed by atoms with E-state index in [1.54, 1.807) is 20.8 Å². The lowest BCUT2D eigenvalue weighted by molar-refractivity contribution is -0.117. The summed E-state index contributed by atoms with van der Waals surface area (Å²) in [7, 11) is -3.64. The van der Waals surface area contributed by atoms with Crippen molar-refractivity contribution in [2.24, 2.45) is 11.7 Å². The van der Waals surface area contributed by atoms with Crippen molar-refractivity contribution in [2.75, 3.05) is 18.4 Å². The maximum absolute atomic E-state index is 12.4. The Labute approximate surface area is 183 Å². The van der Waals surface area contributed by atoms with Crippen LogP contribution in [0.25, 0.3) is 0 Å². The molecule has 1 aliphatic heterocycles. The van der Waals surface area contributed by atoms with Gasteiger partial charge in [0.2, 0.25) is 15.9 Å². The van der Waals surface area contributed by atoms with E-state index in [-0.39, 0.29) is 29.1 Å². The summed E-state index contributed by atoms with van der Waals surface area (Å²) in [5, 5.41) is 11.7. The van der Waals surface area contributed by atoms with Crippen LogP contribution in [0, 0.1) is 5.92 Å². The molecule has 1 aromatic carbocycles. The lowest BCUT2D eigenvalue weighted by Crippen LogP contribution is -2.42. The minimum atomic E-state index is -3.64. The molecule has 1 saturated heterocycles. The summed E-state index contributed by atoms with van der Waals surface area (Å²) in [6.07, 6.45) is 0.913. The van der Waals surface area contributed by atoms with Crippen molar-refractivity contribution >= 4 is 40.1 Å². The molecule has 9 nitrogen and oxygen atoms in total. The average Bonchev–Trinajstić information content (AvgIpc) is 2.60. The van der Waals surface area contributed by atoms with Crippen LogP contribution in [-0.2, 0) is 14.8 Å². The third-order valence-corrected chi connectivity index (χ3v) is 6.46.